The van der Waals surface area contributed by atoms with Gasteiger partial charge in [0, 0.05) is 16.6 Å². The molecule has 0 unspecified atom stereocenters. The molecular formula is C19H15Cl2N3O2. The molecular weight excluding hydrogens is 373 g/mol. The molecule has 3 rings (SSSR count). The van der Waals surface area contributed by atoms with Gasteiger partial charge in [-0.15, -0.1) is 0 Å². The quantitative estimate of drug-likeness (QED) is 0.738. The van der Waals surface area contributed by atoms with Crippen LogP contribution in [0.2, 0.25) is 10.0 Å². The first-order chi connectivity index (χ1) is 12.4. The van der Waals surface area contributed by atoms with E-state index in [4.69, 9.17) is 28.5 Å². The molecule has 0 bridgehead atoms. The molecule has 3 amide bonds. The lowest BCUT2D eigenvalue weighted by Crippen LogP contribution is -2.34. The number of rotatable bonds is 4. The lowest BCUT2D eigenvalue weighted by atomic mass is 10.1. The summed E-state index contributed by atoms with van der Waals surface area (Å²) in [6.07, 6.45) is 0.514. The molecule has 0 N–H and O–H groups in total. The zero-order valence-electron chi connectivity index (χ0n) is 14.0. The number of benzene rings is 2. The average molecular weight is 388 g/mol. The number of hydrogen-bond acceptors (Lipinski definition) is 3. The molecule has 26 heavy (non-hydrogen) atoms. The number of carbonyl (C=O) groups excluding carboxylic acids is 2. The van der Waals surface area contributed by atoms with Gasteiger partial charge < -0.3 is 4.90 Å². The Kier molecular flexibility index (Phi) is 5.17. The number of anilines is 1. The highest BCUT2D eigenvalue weighted by atomic mass is 35.5. The van der Waals surface area contributed by atoms with Crippen LogP contribution < -0.4 is 4.90 Å². The SMILES string of the molecule is Cc1ccc(C#N)cc1N1C(=O)CN(CCc2ccc(Cl)cc2Cl)C1=O. The summed E-state index contributed by atoms with van der Waals surface area (Å²) >= 11 is 12.1. The van der Waals surface area contributed by atoms with Crippen LogP contribution in [0.4, 0.5) is 10.5 Å². The van der Waals surface area contributed by atoms with E-state index in [2.05, 4.69) is 0 Å². The molecule has 7 heteroatoms. The van der Waals surface area contributed by atoms with Crippen LogP contribution in [0.25, 0.3) is 0 Å². The van der Waals surface area contributed by atoms with E-state index < -0.39 is 6.03 Å². The van der Waals surface area contributed by atoms with Gasteiger partial charge in [0.2, 0.25) is 0 Å². The van der Waals surface area contributed by atoms with Gasteiger partial charge in [0.25, 0.3) is 5.91 Å². The standard InChI is InChI=1S/C19H15Cl2N3O2/c1-12-2-3-13(10-22)8-17(12)24-18(25)11-23(19(24)26)7-6-14-4-5-15(20)9-16(14)21/h2-5,8-9H,6-7,11H2,1H3. The smallest absolute Gasteiger partial charge is 0.314 e. The number of carbonyl (C=O) groups is 2. The third-order valence-electron chi connectivity index (χ3n) is 4.28. The number of aryl methyl sites for hydroxylation is 1. The van der Waals surface area contributed by atoms with Gasteiger partial charge in [0.05, 0.1) is 17.3 Å². The first kappa shape index (κ1) is 18.2. The van der Waals surface area contributed by atoms with Crippen LogP contribution in [0, 0.1) is 18.3 Å². The van der Waals surface area contributed by atoms with Crippen molar-refractivity contribution in [3.05, 3.63) is 63.1 Å². The molecule has 0 atom stereocenters. The van der Waals surface area contributed by atoms with Gasteiger partial charge in [-0.25, -0.2) is 9.69 Å². The van der Waals surface area contributed by atoms with E-state index in [1.807, 2.05) is 12.1 Å². The summed E-state index contributed by atoms with van der Waals surface area (Å²) in [5, 5.41) is 10.1. The van der Waals surface area contributed by atoms with E-state index in [9.17, 15) is 9.59 Å². The third-order valence-corrected chi connectivity index (χ3v) is 4.87. The van der Waals surface area contributed by atoms with Crippen molar-refractivity contribution in [1.82, 2.24) is 4.90 Å². The van der Waals surface area contributed by atoms with Crippen molar-refractivity contribution < 1.29 is 9.59 Å². The number of hydrogen-bond donors (Lipinski definition) is 0. The molecule has 2 aromatic carbocycles. The Labute approximate surface area is 161 Å². The fourth-order valence-electron chi connectivity index (χ4n) is 2.86. The van der Waals surface area contributed by atoms with E-state index in [0.29, 0.717) is 34.3 Å². The maximum absolute atomic E-state index is 12.7. The highest BCUT2D eigenvalue weighted by Crippen LogP contribution is 2.27. The van der Waals surface area contributed by atoms with E-state index in [-0.39, 0.29) is 12.5 Å². The van der Waals surface area contributed by atoms with Crippen LogP contribution in [0.3, 0.4) is 0 Å². The number of imide groups is 1. The Bertz CT molecular complexity index is 937. The third kappa shape index (κ3) is 3.52. The van der Waals surface area contributed by atoms with Crippen molar-refractivity contribution in [1.29, 1.82) is 5.26 Å². The summed E-state index contributed by atoms with van der Waals surface area (Å²) in [4.78, 5) is 27.7. The molecule has 0 radical (unpaired) electrons. The topological polar surface area (TPSA) is 64.4 Å². The van der Waals surface area contributed by atoms with Crippen LogP contribution in [-0.4, -0.2) is 29.9 Å². The second-order valence-electron chi connectivity index (χ2n) is 6.03. The molecule has 0 aliphatic carbocycles. The van der Waals surface area contributed by atoms with Gasteiger partial charge in [-0.1, -0.05) is 35.3 Å². The fourth-order valence-corrected chi connectivity index (χ4v) is 3.36. The summed E-state index contributed by atoms with van der Waals surface area (Å²) in [5.74, 6) is -0.310. The van der Waals surface area contributed by atoms with Crippen molar-refractivity contribution in [3.63, 3.8) is 0 Å². The number of amides is 3. The van der Waals surface area contributed by atoms with E-state index >= 15 is 0 Å². The lowest BCUT2D eigenvalue weighted by Gasteiger charge is -2.19. The summed E-state index contributed by atoms with van der Waals surface area (Å²) in [6.45, 7) is 2.16. The van der Waals surface area contributed by atoms with Crippen molar-refractivity contribution >= 4 is 40.8 Å². The van der Waals surface area contributed by atoms with E-state index in [1.165, 1.54) is 4.90 Å². The van der Waals surface area contributed by atoms with Crippen molar-refractivity contribution in [2.75, 3.05) is 18.0 Å². The maximum Gasteiger partial charge on any atom is 0.331 e. The lowest BCUT2D eigenvalue weighted by molar-refractivity contribution is -0.116. The van der Waals surface area contributed by atoms with Gasteiger partial charge >= 0.3 is 6.03 Å². The Hall–Kier alpha value is -2.55. The molecule has 5 nitrogen and oxygen atoms in total. The van der Waals surface area contributed by atoms with Crippen LogP contribution >= 0.6 is 23.2 Å². The number of urea groups is 1. The highest BCUT2D eigenvalue weighted by Gasteiger charge is 2.37. The average Bonchev–Trinajstić information content (AvgIpc) is 2.88. The molecule has 132 valence electrons. The summed E-state index contributed by atoms with van der Waals surface area (Å²) < 4.78 is 0. The first-order valence-corrected chi connectivity index (χ1v) is 8.73. The molecule has 1 saturated heterocycles. The molecule has 2 aromatic rings. The highest BCUT2D eigenvalue weighted by molar-refractivity contribution is 6.35. The molecule has 1 heterocycles. The van der Waals surface area contributed by atoms with E-state index in [0.717, 1.165) is 16.0 Å². The van der Waals surface area contributed by atoms with Crippen molar-refractivity contribution in [2.24, 2.45) is 0 Å². The maximum atomic E-state index is 12.7. The van der Waals surface area contributed by atoms with Crippen LogP contribution in [0.15, 0.2) is 36.4 Å². The van der Waals surface area contributed by atoms with Gasteiger partial charge in [-0.2, -0.15) is 5.26 Å². The number of nitriles is 1. The minimum atomic E-state index is -0.390. The number of halogens is 2. The molecule has 0 aromatic heterocycles. The molecule has 1 aliphatic heterocycles. The van der Waals surface area contributed by atoms with Gasteiger partial charge in [0.15, 0.2) is 0 Å². The second-order valence-corrected chi connectivity index (χ2v) is 6.88. The summed E-state index contributed by atoms with van der Waals surface area (Å²) in [7, 11) is 0. The normalized spacial score (nSPS) is 14.1. The molecule has 0 spiro atoms. The van der Waals surface area contributed by atoms with Gasteiger partial charge in [-0.3, -0.25) is 4.79 Å². The molecule has 1 fully saturated rings. The second kappa shape index (κ2) is 7.36. The van der Waals surface area contributed by atoms with Crippen molar-refractivity contribution in [2.45, 2.75) is 13.3 Å². The fraction of sp³-hybridized carbons (Fsp3) is 0.211. The summed E-state index contributed by atoms with van der Waals surface area (Å²) in [6, 6.07) is 11.8. The zero-order chi connectivity index (χ0) is 18.8. The number of nitrogens with zero attached hydrogens (tertiary/aromatic N) is 3. The Balaban J connectivity index is 1.78. The zero-order valence-corrected chi connectivity index (χ0v) is 15.5. The van der Waals surface area contributed by atoms with Gasteiger partial charge in [0.1, 0.15) is 6.54 Å². The minimum absolute atomic E-state index is 0.000261. The Morgan fingerprint density at radius 3 is 2.62 bits per heavy atom. The van der Waals surface area contributed by atoms with E-state index in [1.54, 1.807) is 37.3 Å². The Morgan fingerprint density at radius 2 is 1.92 bits per heavy atom. The molecule has 1 aliphatic rings. The predicted octanol–water partition coefficient (Wildman–Crippen LogP) is 4.18. The summed E-state index contributed by atoms with van der Waals surface area (Å²) in [5.41, 5.74) is 2.47. The molecule has 0 saturated carbocycles. The first-order valence-electron chi connectivity index (χ1n) is 7.97. The van der Waals surface area contributed by atoms with Crippen LogP contribution in [0.1, 0.15) is 16.7 Å². The Morgan fingerprint density at radius 1 is 1.15 bits per heavy atom. The van der Waals surface area contributed by atoms with Crippen LogP contribution in [-0.2, 0) is 11.2 Å². The predicted molar refractivity (Wildman–Crippen MR) is 101 cm³/mol. The van der Waals surface area contributed by atoms with Crippen molar-refractivity contribution in [3.8, 4) is 6.07 Å². The monoisotopic (exact) mass is 387 g/mol. The van der Waals surface area contributed by atoms with Crippen LogP contribution in [0.5, 0.6) is 0 Å². The minimum Gasteiger partial charge on any atom is -0.314 e. The largest absolute Gasteiger partial charge is 0.331 e. The van der Waals surface area contributed by atoms with Gasteiger partial charge in [-0.05, 0) is 48.7 Å².